The van der Waals surface area contributed by atoms with E-state index in [0.29, 0.717) is 11.3 Å². The van der Waals surface area contributed by atoms with Gasteiger partial charge < -0.3 is 10.8 Å². The highest BCUT2D eigenvalue weighted by atomic mass is 35.5. The van der Waals surface area contributed by atoms with Gasteiger partial charge in [-0.3, -0.25) is 9.89 Å². The van der Waals surface area contributed by atoms with Crippen LogP contribution < -0.4 is 5.73 Å². The minimum Gasteiger partial charge on any atom is -0.480 e. The van der Waals surface area contributed by atoms with Crippen LogP contribution in [0, 0.1) is 0 Å². The Kier molecular flexibility index (Phi) is 3.13. The quantitative estimate of drug-likeness (QED) is 0.711. The number of nitrogens with two attached hydrogens (primary N) is 1. The van der Waals surface area contributed by atoms with E-state index in [1.54, 1.807) is 0 Å². The van der Waals surface area contributed by atoms with E-state index >= 15 is 0 Å². The molecule has 0 saturated heterocycles. The molecule has 0 spiro atoms. The zero-order chi connectivity index (χ0) is 10.9. The summed E-state index contributed by atoms with van der Waals surface area (Å²) in [5, 5.41) is 15.3. The molecule has 1 aromatic rings. The lowest BCUT2D eigenvalue weighted by Crippen LogP contribution is -2.22. The van der Waals surface area contributed by atoms with Crippen LogP contribution in [0.15, 0.2) is 0 Å². The molecule has 1 atom stereocenters. The van der Waals surface area contributed by atoms with E-state index in [1.165, 1.54) is 0 Å². The van der Waals surface area contributed by atoms with Gasteiger partial charge in [0.25, 0.3) is 0 Å². The summed E-state index contributed by atoms with van der Waals surface area (Å²) in [4.78, 5) is 10.7. The van der Waals surface area contributed by atoms with Crippen LogP contribution in [-0.2, 0) is 4.79 Å². The Morgan fingerprint density at radius 1 is 1.64 bits per heavy atom. The molecule has 0 fully saturated rings. The third kappa shape index (κ3) is 1.88. The Balaban J connectivity index is 3.17. The molecule has 78 valence electrons. The molecule has 1 unspecified atom stereocenters. The molecule has 6 heteroatoms. The Morgan fingerprint density at radius 2 is 2.21 bits per heavy atom. The lowest BCUT2D eigenvalue weighted by atomic mass is 10.0. The van der Waals surface area contributed by atoms with Crippen LogP contribution in [0.5, 0.6) is 0 Å². The summed E-state index contributed by atoms with van der Waals surface area (Å²) in [6.07, 6.45) is 0. The number of nitrogens with one attached hydrogen (secondary N) is 1. The minimum atomic E-state index is -1.13. The van der Waals surface area contributed by atoms with Gasteiger partial charge in [0.15, 0.2) is 5.15 Å². The molecule has 14 heavy (non-hydrogen) atoms. The van der Waals surface area contributed by atoms with Gasteiger partial charge in [-0.2, -0.15) is 5.10 Å². The van der Waals surface area contributed by atoms with E-state index in [-0.39, 0.29) is 11.1 Å². The van der Waals surface area contributed by atoms with Crippen molar-refractivity contribution in [3.8, 4) is 0 Å². The highest BCUT2D eigenvalue weighted by Crippen LogP contribution is 2.27. The smallest absolute Gasteiger partial charge is 0.325 e. The molecule has 4 N–H and O–H groups in total. The van der Waals surface area contributed by atoms with Gasteiger partial charge in [0.05, 0.1) is 0 Å². The van der Waals surface area contributed by atoms with Crippen molar-refractivity contribution in [1.29, 1.82) is 0 Å². The van der Waals surface area contributed by atoms with Gasteiger partial charge in [-0.25, -0.2) is 0 Å². The van der Waals surface area contributed by atoms with E-state index in [1.807, 2.05) is 13.8 Å². The monoisotopic (exact) mass is 217 g/mol. The lowest BCUT2D eigenvalue weighted by Gasteiger charge is -2.09. The van der Waals surface area contributed by atoms with Crippen molar-refractivity contribution < 1.29 is 9.90 Å². The molecular weight excluding hydrogens is 206 g/mol. The van der Waals surface area contributed by atoms with E-state index in [0.717, 1.165) is 0 Å². The Hall–Kier alpha value is -1.07. The van der Waals surface area contributed by atoms with Gasteiger partial charge in [0, 0.05) is 11.3 Å². The fourth-order valence-electron chi connectivity index (χ4n) is 1.20. The Bertz CT molecular complexity index is 348. The van der Waals surface area contributed by atoms with Crippen LogP contribution in [-0.4, -0.2) is 21.3 Å². The summed E-state index contributed by atoms with van der Waals surface area (Å²) in [5.74, 6) is -1.01. The van der Waals surface area contributed by atoms with Crippen molar-refractivity contribution >= 4 is 17.6 Å². The van der Waals surface area contributed by atoms with Crippen molar-refractivity contribution in [2.24, 2.45) is 5.73 Å². The molecule has 1 aromatic heterocycles. The maximum Gasteiger partial charge on any atom is 0.325 e. The minimum absolute atomic E-state index is 0.107. The Morgan fingerprint density at radius 3 is 2.64 bits per heavy atom. The zero-order valence-electron chi connectivity index (χ0n) is 7.91. The summed E-state index contributed by atoms with van der Waals surface area (Å²) in [6, 6.07) is -1.13. The SMILES string of the molecule is CC(C)c1[nH]nc(Cl)c1C(N)C(=O)O. The van der Waals surface area contributed by atoms with Crippen LogP contribution >= 0.6 is 11.6 Å². The van der Waals surface area contributed by atoms with Crippen LogP contribution in [0.4, 0.5) is 0 Å². The predicted octanol–water partition coefficient (Wildman–Crippen LogP) is 1.27. The molecule has 0 bridgehead atoms. The van der Waals surface area contributed by atoms with Crippen molar-refractivity contribution in [1.82, 2.24) is 10.2 Å². The number of rotatable bonds is 3. The van der Waals surface area contributed by atoms with Crippen molar-refractivity contribution in [3.63, 3.8) is 0 Å². The average molecular weight is 218 g/mol. The van der Waals surface area contributed by atoms with Gasteiger partial charge in [0.2, 0.25) is 0 Å². The van der Waals surface area contributed by atoms with Gasteiger partial charge in [-0.05, 0) is 5.92 Å². The molecule has 0 aliphatic carbocycles. The second-order valence-corrected chi connectivity index (χ2v) is 3.67. The second kappa shape index (κ2) is 3.98. The molecule has 0 aliphatic rings. The fraction of sp³-hybridized carbons (Fsp3) is 0.500. The number of carboxylic acids is 1. The molecule has 0 radical (unpaired) electrons. The number of hydrogen-bond acceptors (Lipinski definition) is 3. The molecule has 5 nitrogen and oxygen atoms in total. The lowest BCUT2D eigenvalue weighted by molar-refractivity contribution is -0.138. The molecule has 1 rings (SSSR count). The van der Waals surface area contributed by atoms with E-state index < -0.39 is 12.0 Å². The number of aromatic nitrogens is 2. The number of carbonyl (C=O) groups is 1. The first-order valence-electron chi connectivity index (χ1n) is 4.17. The largest absolute Gasteiger partial charge is 0.480 e. The average Bonchev–Trinajstić information content (AvgIpc) is 2.45. The van der Waals surface area contributed by atoms with Crippen LogP contribution in [0.3, 0.4) is 0 Å². The molecule has 0 aromatic carbocycles. The normalized spacial score (nSPS) is 13.2. The Labute approximate surface area is 86.3 Å². The van der Waals surface area contributed by atoms with E-state index in [9.17, 15) is 4.79 Å². The van der Waals surface area contributed by atoms with Gasteiger partial charge in [-0.1, -0.05) is 25.4 Å². The first-order valence-corrected chi connectivity index (χ1v) is 4.55. The van der Waals surface area contributed by atoms with Gasteiger partial charge >= 0.3 is 5.97 Å². The van der Waals surface area contributed by atoms with Crippen molar-refractivity contribution in [3.05, 3.63) is 16.4 Å². The summed E-state index contributed by atoms with van der Waals surface area (Å²) in [7, 11) is 0. The molecule has 0 aliphatic heterocycles. The van der Waals surface area contributed by atoms with Crippen molar-refractivity contribution in [2.45, 2.75) is 25.8 Å². The molecule has 1 heterocycles. The van der Waals surface area contributed by atoms with Gasteiger partial charge in [0.1, 0.15) is 6.04 Å². The number of aliphatic carboxylic acids is 1. The topological polar surface area (TPSA) is 92.0 Å². The number of H-pyrrole nitrogens is 1. The third-order valence-electron chi connectivity index (χ3n) is 1.94. The van der Waals surface area contributed by atoms with Crippen LogP contribution in [0.25, 0.3) is 0 Å². The van der Waals surface area contributed by atoms with Crippen LogP contribution in [0.2, 0.25) is 5.15 Å². The highest BCUT2D eigenvalue weighted by Gasteiger charge is 2.25. The number of hydrogen-bond donors (Lipinski definition) is 3. The standard InChI is InChI=1S/C8H12ClN3O2/c1-3(2)6-4(5(10)8(13)14)7(9)12-11-6/h3,5H,10H2,1-2H3,(H,11,12)(H,13,14). The summed E-state index contributed by atoms with van der Waals surface area (Å²) in [6.45, 7) is 3.81. The zero-order valence-corrected chi connectivity index (χ0v) is 8.67. The predicted molar refractivity (Wildman–Crippen MR) is 52.3 cm³/mol. The number of carboxylic acid groups (broad SMARTS) is 1. The third-order valence-corrected chi connectivity index (χ3v) is 2.23. The molecule has 0 saturated carbocycles. The maximum atomic E-state index is 10.7. The first kappa shape index (κ1) is 11.0. The summed E-state index contributed by atoms with van der Waals surface area (Å²) >= 11 is 5.74. The molecular formula is C8H12ClN3O2. The number of aromatic amines is 1. The van der Waals surface area contributed by atoms with E-state index in [2.05, 4.69) is 10.2 Å². The molecule has 0 amide bonds. The van der Waals surface area contributed by atoms with Crippen molar-refractivity contribution in [2.75, 3.05) is 0 Å². The second-order valence-electron chi connectivity index (χ2n) is 3.31. The summed E-state index contributed by atoms with van der Waals surface area (Å²) in [5.41, 5.74) is 6.52. The first-order chi connectivity index (χ1) is 6.45. The fourth-order valence-corrected chi connectivity index (χ4v) is 1.46. The highest BCUT2D eigenvalue weighted by molar-refractivity contribution is 6.30. The summed E-state index contributed by atoms with van der Waals surface area (Å²) < 4.78 is 0. The maximum absolute atomic E-state index is 10.7. The van der Waals surface area contributed by atoms with E-state index in [4.69, 9.17) is 22.4 Å². The number of halogens is 1. The number of nitrogens with zero attached hydrogens (tertiary/aromatic N) is 1. The van der Waals surface area contributed by atoms with Crippen LogP contribution in [0.1, 0.15) is 37.1 Å². The van der Waals surface area contributed by atoms with Gasteiger partial charge in [-0.15, -0.1) is 0 Å².